The molecule has 1 amide bonds. The van der Waals surface area contributed by atoms with Gasteiger partial charge < -0.3 is 15.4 Å². The molecule has 29 heavy (non-hydrogen) atoms. The summed E-state index contributed by atoms with van der Waals surface area (Å²) in [5.41, 5.74) is 3.53. The fourth-order valence-electron chi connectivity index (χ4n) is 3.25. The minimum Gasteiger partial charge on any atom is -0.465 e. The van der Waals surface area contributed by atoms with Gasteiger partial charge in [-0.25, -0.2) is 4.79 Å². The number of quaternary nitrogens is 1. The molecule has 0 aliphatic carbocycles. The molecule has 0 spiro atoms. The number of esters is 1. The number of benzene rings is 2. The summed E-state index contributed by atoms with van der Waals surface area (Å²) in [4.78, 5) is 25.8. The number of aryl methyl sites for hydroxylation is 1. The summed E-state index contributed by atoms with van der Waals surface area (Å²) in [6.07, 6.45) is 0. The molecule has 150 valence electrons. The second kappa shape index (κ2) is 9.49. The maximum Gasteiger partial charge on any atom is 0.341 e. The summed E-state index contributed by atoms with van der Waals surface area (Å²) in [6, 6.07) is 20.2. The van der Waals surface area contributed by atoms with E-state index in [-0.39, 0.29) is 18.5 Å². The number of anilines is 1. The van der Waals surface area contributed by atoms with Crippen LogP contribution in [-0.4, -0.2) is 25.5 Å². The zero-order valence-electron chi connectivity index (χ0n) is 16.8. The zero-order chi connectivity index (χ0) is 20.8. The van der Waals surface area contributed by atoms with E-state index in [1.807, 2.05) is 55.6 Å². The lowest BCUT2D eigenvalue weighted by molar-refractivity contribution is -0.676. The van der Waals surface area contributed by atoms with Gasteiger partial charge in [0.1, 0.15) is 11.0 Å². The summed E-state index contributed by atoms with van der Waals surface area (Å²) < 4.78 is 4.88. The molecule has 0 radical (unpaired) electrons. The van der Waals surface area contributed by atoms with Crippen molar-refractivity contribution in [3.63, 3.8) is 0 Å². The Morgan fingerprint density at radius 2 is 1.55 bits per heavy atom. The Bertz CT molecular complexity index is 945. The van der Waals surface area contributed by atoms with Crippen LogP contribution >= 0.6 is 11.3 Å². The molecule has 5 nitrogen and oxygen atoms in total. The van der Waals surface area contributed by atoms with E-state index in [0.29, 0.717) is 10.6 Å². The predicted octanol–water partition coefficient (Wildman–Crippen LogP) is 3.44. The first-order valence-electron chi connectivity index (χ1n) is 9.42. The van der Waals surface area contributed by atoms with Crippen LogP contribution in [-0.2, 0) is 9.53 Å². The number of ether oxygens (including phenoxy) is 1. The van der Waals surface area contributed by atoms with E-state index in [9.17, 15) is 9.59 Å². The van der Waals surface area contributed by atoms with Gasteiger partial charge in [0.2, 0.25) is 0 Å². The number of hydrogen-bond acceptors (Lipinski definition) is 4. The van der Waals surface area contributed by atoms with Crippen molar-refractivity contribution in [1.82, 2.24) is 0 Å². The fraction of sp³-hybridized carbons (Fsp3) is 0.217. The lowest BCUT2D eigenvalue weighted by Crippen LogP contribution is -2.87. The zero-order valence-corrected chi connectivity index (χ0v) is 17.6. The highest BCUT2D eigenvalue weighted by Crippen LogP contribution is 2.32. The van der Waals surface area contributed by atoms with Gasteiger partial charge in [-0.3, -0.25) is 4.79 Å². The molecule has 0 unspecified atom stereocenters. The molecule has 0 saturated carbocycles. The van der Waals surface area contributed by atoms with Crippen LogP contribution < -0.4 is 10.6 Å². The van der Waals surface area contributed by atoms with E-state index < -0.39 is 5.97 Å². The highest BCUT2D eigenvalue weighted by atomic mass is 32.1. The van der Waals surface area contributed by atoms with Crippen molar-refractivity contribution < 1.29 is 19.6 Å². The van der Waals surface area contributed by atoms with Crippen molar-refractivity contribution in [2.45, 2.75) is 19.9 Å². The molecule has 0 bridgehead atoms. The normalized spacial score (nSPS) is 10.8. The second-order valence-electron chi connectivity index (χ2n) is 6.77. The van der Waals surface area contributed by atoms with E-state index in [4.69, 9.17) is 4.74 Å². The third-order valence-electron chi connectivity index (χ3n) is 4.88. The Labute approximate surface area is 174 Å². The molecule has 0 saturated heterocycles. The summed E-state index contributed by atoms with van der Waals surface area (Å²) in [6.45, 7) is 4.01. The van der Waals surface area contributed by atoms with Gasteiger partial charge in [-0.1, -0.05) is 60.7 Å². The quantitative estimate of drug-likeness (QED) is 0.587. The number of hydrogen-bond donors (Lipinski definition) is 2. The molecule has 3 N–H and O–H groups in total. The van der Waals surface area contributed by atoms with Crippen LogP contribution in [0.5, 0.6) is 0 Å². The van der Waals surface area contributed by atoms with Gasteiger partial charge in [0.05, 0.1) is 12.7 Å². The third kappa shape index (κ3) is 4.91. The van der Waals surface area contributed by atoms with E-state index in [0.717, 1.165) is 21.6 Å². The number of carbonyl (C=O) groups excluding carboxylic acids is 2. The molecular weight excluding hydrogens is 384 g/mol. The SMILES string of the molecule is COC(=O)c1c(NC(=O)C[NH2+]C(c2ccccc2)c2ccccc2)sc(C)c1C. The summed E-state index contributed by atoms with van der Waals surface area (Å²) in [5.74, 6) is -0.592. The summed E-state index contributed by atoms with van der Waals surface area (Å²) in [7, 11) is 1.35. The first-order chi connectivity index (χ1) is 14.0. The topological polar surface area (TPSA) is 72.0 Å². The fourth-order valence-corrected chi connectivity index (χ4v) is 4.32. The average Bonchev–Trinajstić information content (AvgIpc) is 3.02. The minimum atomic E-state index is -0.433. The Hall–Kier alpha value is -2.96. The Kier molecular flexibility index (Phi) is 6.80. The number of carbonyl (C=O) groups is 2. The van der Waals surface area contributed by atoms with E-state index >= 15 is 0 Å². The molecule has 3 rings (SSSR count). The second-order valence-corrected chi connectivity index (χ2v) is 7.99. The molecule has 0 aliphatic rings. The van der Waals surface area contributed by atoms with Crippen LogP contribution in [0.2, 0.25) is 0 Å². The molecule has 1 aromatic heterocycles. The third-order valence-corrected chi connectivity index (χ3v) is 6.01. The smallest absolute Gasteiger partial charge is 0.341 e. The lowest BCUT2D eigenvalue weighted by atomic mass is 9.99. The number of methoxy groups -OCH3 is 1. The van der Waals surface area contributed by atoms with Crippen molar-refractivity contribution in [3.8, 4) is 0 Å². The van der Waals surface area contributed by atoms with Crippen LogP contribution in [0.4, 0.5) is 5.00 Å². The van der Waals surface area contributed by atoms with E-state index in [1.165, 1.54) is 18.4 Å². The van der Waals surface area contributed by atoms with E-state index in [2.05, 4.69) is 29.6 Å². The van der Waals surface area contributed by atoms with Crippen molar-refractivity contribution in [1.29, 1.82) is 0 Å². The van der Waals surface area contributed by atoms with Gasteiger partial charge >= 0.3 is 5.97 Å². The minimum absolute atomic E-state index is 0.00929. The molecule has 3 aromatic rings. The molecule has 0 aliphatic heterocycles. The number of nitrogens with two attached hydrogens (primary N) is 1. The Balaban J connectivity index is 1.75. The van der Waals surface area contributed by atoms with Crippen LogP contribution in [0.1, 0.15) is 38.0 Å². The highest BCUT2D eigenvalue weighted by molar-refractivity contribution is 7.16. The van der Waals surface area contributed by atoms with Gasteiger partial charge in [-0.15, -0.1) is 11.3 Å². The first-order valence-corrected chi connectivity index (χ1v) is 10.2. The number of rotatable bonds is 7. The summed E-state index contributed by atoms with van der Waals surface area (Å²) >= 11 is 1.39. The lowest BCUT2D eigenvalue weighted by Gasteiger charge is -2.16. The van der Waals surface area contributed by atoms with Crippen molar-refractivity contribution >= 4 is 28.2 Å². The predicted molar refractivity (Wildman–Crippen MR) is 115 cm³/mol. The van der Waals surface area contributed by atoms with E-state index in [1.54, 1.807) is 0 Å². The number of nitrogens with one attached hydrogen (secondary N) is 1. The Morgan fingerprint density at radius 1 is 1.00 bits per heavy atom. The van der Waals surface area contributed by atoms with Gasteiger partial charge in [-0.05, 0) is 19.4 Å². The van der Waals surface area contributed by atoms with Crippen LogP contribution in [0.3, 0.4) is 0 Å². The van der Waals surface area contributed by atoms with Crippen molar-refractivity contribution in [2.24, 2.45) is 0 Å². The molecule has 6 heteroatoms. The van der Waals surface area contributed by atoms with Crippen LogP contribution in [0, 0.1) is 13.8 Å². The first kappa shape index (κ1) is 20.8. The maximum atomic E-state index is 12.7. The largest absolute Gasteiger partial charge is 0.465 e. The monoisotopic (exact) mass is 409 g/mol. The standard InChI is InChI=1S/C23H24N2O3S/c1-15-16(2)29-22(20(15)23(27)28-3)25-19(26)14-24-21(17-10-6-4-7-11-17)18-12-8-5-9-13-18/h4-13,21,24H,14H2,1-3H3,(H,25,26)/p+1. The van der Waals surface area contributed by atoms with Crippen LogP contribution in [0.15, 0.2) is 60.7 Å². The molecule has 2 aromatic carbocycles. The van der Waals surface area contributed by atoms with Crippen molar-refractivity contribution in [2.75, 3.05) is 19.0 Å². The van der Waals surface area contributed by atoms with Gasteiger partial charge in [0, 0.05) is 16.0 Å². The maximum absolute atomic E-state index is 12.7. The van der Waals surface area contributed by atoms with Gasteiger partial charge in [0.25, 0.3) is 5.91 Å². The molecule has 0 atom stereocenters. The number of thiophene rings is 1. The van der Waals surface area contributed by atoms with Gasteiger partial charge in [0.15, 0.2) is 6.54 Å². The summed E-state index contributed by atoms with van der Waals surface area (Å²) in [5, 5.41) is 5.44. The molecular formula is C23H25N2O3S+. The number of amides is 1. The van der Waals surface area contributed by atoms with Crippen LogP contribution in [0.25, 0.3) is 0 Å². The highest BCUT2D eigenvalue weighted by Gasteiger charge is 2.23. The average molecular weight is 410 g/mol. The van der Waals surface area contributed by atoms with Crippen molar-refractivity contribution in [3.05, 3.63) is 87.8 Å². The molecule has 1 heterocycles. The Morgan fingerprint density at radius 3 is 2.07 bits per heavy atom. The molecule has 0 fully saturated rings. The van der Waals surface area contributed by atoms with Gasteiger partial charge in [-0.2, -0.15) is 0 Å².